The minimum Gasteiger partial charge on any atom is -0.492 e. The zero-order chi connectivity index (χ0) is 23.1. The predicted octanol–water partition coefficient (Wildman–Crippen LogP) is 4.40. The van der Waals surface area contributed by atoms with E-state index < -0.39 is 11.7 Å². The van der Waals surface area contributed by atoms with Gasteiger partial charge in [-0.2, -0.15) is 0 Å². The molecule has 0 bridgehead atoms. The van der Waals surface area contributed by atoms with Gasteiger partial charge in [-0.1, -0.05) is 18.2 Å². The third-order valence-corrected chi connectivity index (χ3v) is 4.68. The van der Waals surface area contributed by atoms with Crippen molar-refractivity contribution in [1.82, 2.24) is 0 Å². The lowest BCUT2D eigenvalue weighted by Crippen LogP contribution is -2.14. The number of hydrogen-bond donors (Lipinski definition) is 2. The third kappa shape index (κ3) is 5.09. The highest BCUT2D eigenvalue weighted by Crippen LogP contribution is 2.48. The van der Waals surface area contributed by atoms with Crippen LogP contribution < -0.4 is 30.0 Å². The molecule has 0 aliphatic heterocycles. The van der Waals surface area contributed by atoms with Gasteiger partial charge in [0.15, 0.2) is 11.5 Å². The number of carbonyl (C=O) groups is 1. The largest absolute Gasteiger partial charge is 0.492 e. The van der Waals surface area contributed by atoms with Gasteiger partial charge in [0.05, 0.1) is 26.9 Å². The minimum absolute atomic E-state index is 0.129. The van der Waals surface area contributed by atoms with Crippen LogP contribution in [0.4, 0.5) is 10.1 Å². The van der Waals surface area contributed by atoms with E-state index in [1.165, 1.54) is 45.6 Å². The van der Waals surface area contributed by atoms with E-state index in [1.54, 1.807) is 18.2 Å². The monoisotopic (exact) mass is 440 g/mol. The Balaban J connectivity index is 2.01. The van der Waals surface area contributed by atoms with Crippen LogP contribution in [0.25, 0.3) is 0 Å². The highest BCUT2D eigenvalue weighted by Gasteiger charge is 2.26. The van der Waals surface area contributed by atoms with E-state index in [0.717, 1.165) is 12.0 Å². The molecule has 0 fully saturated rings. The van der Waals surface area contributed by atoms with E-state index in [4.69, 9.17) is 24.7 Å². The van der Waals surface area contributed by atoms with Crippen LogP contribution in [0.3, 0.4) is 0 Å². The smallest absolute Gasteiger partial charge is 0.259 e. The molecule has 3 aromatic carbocycles. The summed E-state index contributed by atoms with van der Waals surface area (Å²) in [4.78, 5) is 13.0. The maximum Gasteiger partial charge on any atom is 0.259 e. The van der Waals surface area contributed by atoms with Crippen LogP contribution in [0.5, 0.6) is 28.7 Å². The van der Waals surface area contributed by atoms with Crippen LogP contribution in [0.1, 0.15) is 15.9 Å². The van der Waals surface area contributed by atoms with Crippen molar-refractivity contribution in [2.24, 2.45) is 5.73 Å². The second-order valence-corrected chi connectivity index (χ2v) is 6.77. The Morgan fingerprint density at radius 3 is 2.22 bits per heavy atom. The fourth-order valence-electron chi connectivity index (χ4n) is 3.21. The summed E-state index contributed by atoms with van der Waals surface area (Å²) in [6.07, 6.45) is 0.754. The molecule has 0 atom stereocenters. The van der Waals surface area contributed by atoms with Crippen molar-refractivity contribution in [3.8, 4) is 28.7 Å². The lowest BCUT2D eigenvalue weighted by Gasteiger charge is -2.19. The molecule has 3 rings (SSSR count). The Hall–Kier alpha value is -3.78. The molecule has 0 aromatic heterocycles. The van der Waals surface area contributed by atoms with E-state index in [9.17, 15) is 9.18 Å². The summed E-state index contributed by atoms with van der Waals surface area (Å²) in [6.45, 7) is 0.549. The summed E-state index contributed by atoms with van der Waals surface area (Å²) in [5, 5.41) is 2.65. The number of nitrogens with two attached hydrogens (primary N) is 1. The number of methoxy groups -OCH3 is 3. The lowest BCUT2D eigenvalue weighted by atomic mass is 10.1. The fourth-order valence-corrected chi connectivity index (χ4v) is 3.21. The van der Waals surface area contributed by atoms with Gasteiger partial charge in [-0.05, 0) is 48.9 Å². The molecule has 0 heterocycles. The van der Waals surface area contributed by atoms with Crippen LogP contribution in [0.2, 0.25) is 0 Å². The normalized spacial score (nSPS) is 10.4. The lowest BCUT2D eigenvalue weighted by molar-refractivity contribution is 0.102. The first-order valence-corrected chi connectivity index (χ1v) is 9.87. The second kappa shape index (κ2) is 10.5. The van der Waals surface area contributed by atoms with Gasteiger partial charge in [-0.3, -0.25) is 4.79 Å². The molecule has 0 aliphatic carbocycles. The number of hydrogen-bond acceptors (Lipinski definition) is 6. The first-order valence-electron chi connectivity index (χ1n) is 9.87. The first-order chi connectivity index (χ1) is 15.5. The number of anilines is 1. The van der Waals surface area contributed by atoms with Gasteiger partial charge < -0.3 is 30.0 Å². The van der Waals surface area contributed by atoms with Crippen LogP contribution in [-0.2, 0) is 6.42 Å². The molecule has 0 radical (unpaired) electrons. The van der Waals surface area contributed by atoms with Gasteiger partial charge in [0.2, 0.25) is 11.5 Å². The number of halogens is 1. The molecule has 0 saturated carbocycles. The third-order valence-electron chi connectivity index (χ3n) is 4.68. The highest BCUT2D eigenvalue weighted by molar-refractivity contribution is 6.07. The Morgan fingerprint density at radius 2 is 1.62 bits per heavy atom. The zero-order valence-electron chi connectivity index (χ0n) is 18.1. The molecule has 7 nitrogen and oxygen atoms in total. The molecule has 1 amide bonds. The van der Waals surface area contributed by atoms with Crippen molar-refractivity contribution in [2.75, 3.05) is 33.2 Å². The van der Waals surface area contributed by atoms with Gasteiger partial charge in [-0.25, -0.2) is 4.39 Å². The molecule has 0 saturated heterocycles. The minimum atomic E-state index is -0.531. The van der Waals surface area contributed by atoms with Crippen LogP contribution in [-0.4, -0.2) is 33.8 Å². The number of rotatable bonds is 9. The van der Waals surface area contributed by atoms with Crippen molar-refractivity contribution in [3.63, 3.8) is 0 Å². The first kappa shape index (κ1) is 22.9. The maximum atomic E-state index is 13.5. The Kier molecular flexibility index (Phi) is 7.51. The SMILES string of the molecule is COc1c(Oc2ccc(CCN)cc2)cc(C(=O)Nc2cccc(F)c2)c(OC)c1OC. The molecule has 8 heteroatoms. The standard InChI is InChI=1S/C24H25FN2O5/c1-29-21-19(24(28)27-17-6-4-5-16(25)13-17)14-20(22(30-2)23(21)31-3)32-18-9-7-15(8-10-18)11-12-26/h4-10,13-14H,11-12,26H2,1-3H3,(H,27,28). The number of benzene rings is 3. The topological polar surface area (TPSA) is 92.0 Å². The fraction of sp³-hybridized carbons (Fsp3) is 0.208. The van der Waals surface area contributed by atoms with Crippen molar-refractivity contribution >= 4 is 11.6 Å². The molecular formula is C24H25FN2O5. The molecule has 0 spiro atoms. The average Bonchev–Trinajstić information content (AvgIpc) is 2.79. The van der Waals surface area contributed by atoms with Gasteiger partial charge in [0.1, 0.15) is 11.6 Å². The van der Waals surface area contributed by atoms with Gasteiger partial charge in [-0.15, -0.1) is 0 Å². The second-order valence-electron chi connectivity index (χ2n) is 6.77. The van der Waals surface area contributed by atoms with E-state index in [1.807, 2.05) is 12.1 Å². The van der Waals surface area contributed by atoms with Crippen LogP contribution in [0.15, 0.2) is 54.6 Å². The summed E-state index contributed by atoms with van der Waals surface area (Å²) in [5.74, 6) is 0.396. The summed E-state index contributed by atoms with van der Waals surface area (Å²) >= 11 is 0. The molecule has 3 aromatic rings. The molecule has 32 heavy (non-hydrogen) atoms. The molecular weight excluding hydrogens is 415 g/mol. The Morgan fingerprint density at radius 1 is 0.938 bits per heavy atom. The molecule has 3 N–H and O–H groups in total. The Labute approximate surface area is 185 Å². The highest BCUT2D eigenvalue weighted by atomic mass is 19.1. The summed E-state index contributed by atoms with van der Waals surface area (Å²) in [7, 11) is 4.30. The quantitative estimate of drug-likeness (QED) is 0.513. The van der Waals surface area contributed by atoms with Gasteiger partial charge in [0, 0.05) is 11.8 Å². The van der Waals surface area contributed by atoms with Crippen molar-refractivity contribution in [1.29, 1.82) is 0 Å². The van der Waals surface area contributed by atoms with E-state index >= 15 is 0 Å². The van der Waals surface area contributed by atoms with Gasteiger partial charge in [0.25, 0.3) is 5.91 Å². The summed E-state index contributed by atoms with van der Waals surface area (Å²) in [5.41, 5.74) is 7.10. The summed E-state index contributed by atoms with van der Waals surface area (Å²) in [6, 6.07) is 14.5. The molecule has 0 aliphatic rings. The summed E-state index contributed by atoms with van der Waals surface area (Å²) < 4.78 is 35.9. The predicted molar refractivity (Wildman–Crippen MR) is 120 cm³/mol. The van der Waals surface area contributed by atoms with Crippen molar-refractivity contribution in [2.45, 2.75) is 6.42 Å². The van der Waals surface area contributed by atoms with E-state index in [2.05, 4.69) is 5.32 Å². The number of carbonyl (C=O) groups excluding carboxylic acids is 1. The van der Waals surface area contributed by atoms with Gasteiger partial charge >= 0.3 is 0 Å². The van der Waals surface area contributed by atoms with E-state index in [0.29, 0.717) is 18.0 Å². The van der Waals surface area contributed by atoms with Crippen molar-refractivity contribution < 1.29 is 28.1 Å². The van der Waals surface area contributed by atoms with Crippen molar-refractivity contribution in [3.05, 3.63) is 71.5 Å². The Bertz CT molecular complexity index is 1090. The van der Waals surface area contributed by atoms with E-state index in [-0.39, 0.29) is 28.6 Å². The number of ether oxygens (including phenoxy) is 4. The number of amides is 1. The number of nitrogens with one attached hydrogen (secondary N) is 1. The van der Waals surface area contributed by atoms with Crippen LogP contribution in [0, 0.1) is 5.82 Å². The molecule has 0 unspecified atom stereocenters. The van der Waals surface area contributed by atoms with Crippen LogP contribution >= 0.6 is 0 Å². The zero-order valence-corrected chi connectivity index (χ0v) is 18.1. The average molecular weight is 440 g/mol. The maximum absolute atomic E-state index is 13.5. The molecule has 168 valence electrons.